The molecule has 2 aromatic carbocycles. The monoisotopic (exact) mass is 530 g/mol. The Bertz CT molecular complexity index is 1470. The topological polar surface area (TPSA) is 145 Å². The third-order valence-electron chi connectivity index (χ3n) is 4.93. The van der Waals surface area contributed by atoms with Gasteiger partial charge in [-0.25, -0.2) is 9.37 Å². The van der Waals surface area contributed by atoms with Crippen molar-refractivity contribution in [1.82, 2.24) is 9.55 Å². The minimum absolute atomic E-state index is 0.0589. The molecule has 0 spiro atoms. The first-order valence-corrected chi connectivity index (χ1v) is 13.1. The summed E-state index contributed by atoms with van der Waals surface area (Å²) in [7, 11) is -4.39. The van der Waals surface area contributed by atoms with Crippen LogP contribution in [0.4, 0.5) is 4.39 Å². The van der Waals surface area contributed by atoms with Crippen LogP contribution in [0, 0.1) is 5.82 Å². The summed E-state index contributed by atoms with van der Waals surface area (Å²) in [6.07, 6.45) is 6.04. The Balaban J connectivity index is 2.18. The average Bonchev–Trinajstić information content (AvgIpc) is 3.35. The lowest BCUT2D eigenvalue weighted by atomic mass is 9.96. The van der Waals surface area contributed by atoms with Crippen LogP contribution in [0.3, 0.4) is 0 Å². The molecule has 0 radical (unpaired) electrons. The van der Waals surface area contributed by atoms with Gasteiger partial charge in [0.1, 0.15) is 22.8 Å². The van der Waals surface area contributed by atoms with Crippen LogP contribution in [0.2, 0.25) is 0 Å². The number of carbonyl (C=O) groups excluding carboxylic acids is 2. The number of aromatic nitrogens is 2. The van der Waals surface area contributed by atoms with Crippen LogP contribution in [-0.4, -0.2) is 52.3 Å². The fraction of sp³-hybridized carbons (Fsp3) is 0.167. The molecule has 36 heavy (non-hydrogen) atoms. The number of halogens is 1. The van der Waals surface area contributed by atoms with E-state index in [1.54, 1.807) is 6.26 Å². The van der Waals surface area contributed by atoms with Gasteiger partial charge in [-0.1, -0.05) is 24.3 Å². The third-order valence-corrected chi connectivity index (χ3v) is 7.01. The minimum Gasteiger partial charge on any atom is -0.384 e. The van der Waals surface area contributed by atoms with Crippen LogP contribution in [0.5, 0.6) is 0 Å². The number of rotatable bonds is 9. The van der Waals surface area contributed by atoms with E-state index in [1.165, 1.54) is 73.5 Å². The summed E-state index contributed by atoms with van der Waals surface area (Å²) >= 11 is 1.09. The molecule has 0 amide bonds. The number of benzene rings is 2. The Hall–Kier alpha value is -3.61. The molecule has 0 fully saturated rings. The van der Waals surface area contributed by atoms with Crippen LogP contribution in [0.15, 0.2) is 82.1 Å². The smallest absolute Gasteiger partial charge is 0.284 e. The lowest BCUT2D eigenvalue weighted by Crippen LogP contribution is -2.38. The number of hydrogen-bond donors (Lipinski definition) is 2. The number of sulfonamides is 1. The van der Waals surface area contributed by atoms with Gasteiger partial charge >= 0.3 is 0 Å². The Morgan fingerprint density at radius 2 is 1.72 bits per heavy atom. The van der Waals surface area contributed by atoms with E-state index in [-0.39, 0.29) is 26.6 Å². The van der Waals surface area contributed by atoms with Gasteiger partial charge in [0.25, 0.3) is 10.0 Å². The van der Waals surface area contributed by atoms with E-state index in [9.17, 15) is 27.5 Å². The highest BCUT2D eigenvalue weighted by molar-refractivity contribution is 8.07. The average molecular weight is 531 g/mol. The Morgan fingerprint density at radius 3 is 2.25 bits per heavy atom. The molecule has 12 heteroatoms. The number of amidine groups is 1. The molecule has 188 valence electrons. The zero-order chi connectivity index (χ0) is 26.7. The largest absolute Gasteiger partial charge is 0.384 e. The molecule has 3 rings (SSSR count). The van der Waals surface area contributed by atoms with Crippen LogP contribution >= 0.6 is 11.8 Å². The molecule has 0 unspecified atom stereocenters. The number of hydrogen-bond acceptors (Lipinski definition) is 7. The highest BCUT2D eigenvalue weighted by Crippen LogP contribution is 2.29. The molecule has 0 saturated carbocycles. The van der Waals surface area contributed by atoms with E-state index >= 15 is 0 Å². The molecule has 0 aliphatic heterocycles. The zero-order valence-electron chi connectivity index (χ0n) is 19.5. The van der Waals surface area contributed by atoms with Gasteiger partial charge in [0.15, 0.2) is 11.6 Å². The molecule has 1 aromatic heterocycles. The molecule has 1 heterocycles. The number of nitrogens with zero attached hydrogens (tertiary/aromatic N) is 3. The van der Waals surface area contributed by atoms with Crippen molar-refractivity contribution < 1.29 is 27.5 Å². The van der Waals surface area contributed by atoms with Gasteiger partial charge in [0, 0.05) is 23.5 Å². The first kappa shape index (κ1) is 27.0. The van der Waals surface area contributed by atoms with Crippen molar-refractivity contribution in [3.63, 3.8) is 0 Å². The Kier molecular flexibility index (Phi) is 7.92. The van der Waals surface area contributed by atoms with Gasteiger partial charge in [0.05, 0.1) is 16.3 Å². The maximum Gasteiger partial charge on any atom is 0.284 e. The van der Waals surface area contributed by atoms with E-state index in [1.807, 2.05) is 0 Å². The van der Waals surface area contributed by atoms with E-state index in [0.29, 0.717) is 0 Å². The quantitative estimate of drug-likeness (QED) is 0.107. The molecule has 0 aliphatic rings. The highest BCUT2D eigenvalue weighted by atomic mass is 32.2. The molecule has 0 bridgehead atoms. The van der Waals surface area contributed by atoms with Crippen LogP contribution < -0.4 is 5.73 Å². The molecule has 0 saturated heterocycles. The first-order chi connectivity index (χ1) is 16.8. The first-order valence-electron chi connectivity index (χ1n) is 10.4. The minimum atomic E-state index is -4.39. The van der Waals surface area contributed by atoms with Crippen molar-refractivity contribution in [2.24, 2.45) is 10.1 Å². The summed E-state index contributed by atoms with van der Waals surface area (Å²) in [6.45, 7) is 2.55. The zero-order valence-corrected chi connectivity index (χ0v) is 21.2. The van der Waals surface area contributed by atoms with E-state index < -0.39 is 38.8 Å². The lowest BCUT2D eigenvalue weighted by Gasteiger charge is -2.16. The van der Waals surface area contributed by atoms with Gasteiger partial charge in [-0.3, -0.25) is 14.2 Å². The van der Waals surface area contributed by atoms with Gasteiger partial charge in [0.2, 0.25) is 0 Å². The lowest BCUT2D eigenvalue weighted by molar-refractivity contribution is 0.0963. The van der Waals surface area contributed by atoms with Crippen LogP contribution in [0.1, 0.15) is 34.6 Å². The van der Waals surface area contributed by atoms with E-state index in [4.69, 9.17) is 5.73 Å². The number of nitrogens with two attached hydrogens (primary N) is 1. The van der Waals surface area contributed by atoms with Crippen molar-refractivity contribution >= 4 is 44.2 Å². The normalized spacial score (nSPS) is 13.3. The fourth-order valence-electron chi connectivity index (χ4n) is 3.02. The second-order valence-corrected chi connectivity index (χ2v) is 10.5. The number of allylic oxidation sites excluding steroid dienone is 1. The maximum atomic E-state index is 13.9. The summed E-state index contributed by atoms with van der Waals surface area (Å²) in [4.78, 5) is 30.7. The number of thioether (sulfide) groups is 1. The maximum absolute atomic E-state index is 13.9. The summed E-state index contributed by atoms with van der Waals surface area (Å²) in [5.41, 5.74) is 3.43. The van der Waals surface area contributed by atoms with E-state index in [0.717, 1.165) is 23.9 Å². The van der Waals surface area contributed by atoms with Gasteiger partial charge in [-0.15, -0.1) is 16.2 Å². The van der Waals surface area contributed by atoms with E-state index in [2.05, 4.69) is 9.38 Å². The molecule has 0 aliphatic carbocycles. The van der Waals surface area contributed by atoms with Crippen molar-refractivity contribution in [1.29, 1.82) is 0 Å². The Morgan fingerprint density at radius 1 is 1.11 bits per heavy atom. The predicted octanol–water partition coefficient (Wildman–Crippen LogP) is 3.14. The number of ketones is 2. The second-order valence-electron chi connectivity index (χ2n) is 8.06. The van der Waals surface area contributed by atoms with Crippen LogP contribution in [-0.2, 0) is 10.0 Å². The van der Waals surface area contributed by atoms with Crippen LogP contribution in [0.25, 0.3) is 5.03 Å². The van der Waals surface area contributed by atoms with Gasteiger partial charge in [-0.2, -0.15) is 8.42 Å². The number of Topliss-reactive ketones (excluding diaryl/α,β-unsaturated/α-hetero) is 2. The van der Waals surface area contributed by atoms with Crippen molar-refractivity contribution in [2.75, 3.05) is 6.26 Å². The molecule has 3 N–H and O–H groups in total. The summed E-state index contributed by atoms with van der Waals surface area (Å²) < 4.78 is 44.3. The Labute approximate surface area is 211 Å². The molecule has 0 atom stereocenters. The SMILES string of the molecule is CS/C(=C(\C(=O)c1cccc(F)c1)C(=O)c1cccc(S(=O)(=O)N=C(N)C(C)(C)O)c1)n1ccnc1. The van der Waals surface area contributed by atoms with Crippen molar-refractivity contribution in [3.8, 4) is 0 Å². The highest BCUT2D eigenvalue weighted by Gasteiger charge is 2.28. The summed E-state index contributed by atoms with van der Waals surface area (Å²) in [6, 6.07) is 9.82. The second kappa shape index (κ2) is 10.6. The number of imidazole rings is 1. The molecule has 9 nitrogen and oxygen atoms in total. The third kappa shape index (κ3) is 5.96. The molecule has 3 aromatic rings. The van der Waals surface area contributed by atoms with Crippen molar-refractivity contribution in [3.05, 3.63) is 89.8 Å². The number of carbonyl (C=O) groups is 2. The molecular formula is C24H23FN4O5S2. The summed E-state index contributed by atoms with van der Waals surface area (Å²) in [5, 5.41) is 10.1. The number of aliphatic hydroxyl groups is 1. The summed E-state index contributed by atoms with van der Waals surface area (Å²) in [5.74, 6) is -2.74. The van der Waals surface area contributed by atoms with Gasteiger partial charge in [-0.05, 0) is 44.4 Å². The fourth-order valence-corrected chi connectivity index (χ4v) is 4.85. The molecular weight excluding hydrogens is 507 g/mol. The standard InChI is InChI=1S/C24H23FN4O5S2/c1-24(2,32)23(26)28-36(33,34)18-9-5-7-16(13-18)21(31)19(22(35-3)29-11-10-27-14-29)20(30)15-6-4-8-17(25)12-15/h4-14,32H,1-3H3,(H2,26,28)/b22-19+. The predicted molar refractivity (Wildman–Crippen MR) is 136 cm³/mol. The van der Waals surface area contributed by atoms with Crippen molar-refractivity contribution in [2.45, 2.75) is 24.3 Å². The van der Waals surface area contributed by atoms with Gasteiger partial charge < -0.3 is 10.8 Å².